The molecule has 2 N–H and O–H groups in total. The quantitative estimate of drug-likeness (QED) is 0.736. The average molecular weight is 366 g/mol. The predicted molar refractivity (Wildman–Crippen MR) is 92.0 cm³/mol. The number of hydrogen-bond acceptors (Lipinski definition) is 4. The number of aromatic nitrogens is 2. The maximum atomic E-state index is 12.8. The highest BCUT2D eigenvalue weighted by Gasteiger charge is 2.54. The number of hydrogen-bond donors (Lipinski definition) is 2. The minimum atomic E-state index is -3.62. The van der Waals surface area contributed by atoms with E-state index in [4.69, 9.17) is 0 Å². The molecular formula is C17H26N4O3S. The Bertz CT molecular complexity index is 735. The van der Waals surface area contributed by atoms with Crippen molar-refractivity contribution in [3.05, 3.63) is 12.5 Å². The fourth-order valence-electron chi connectivity index (χ4n) is 5.54. The summed E-state index contributed by atoms with van der Waals surface area (Å²) in [7, 11) is -1.90. The first-order chi connectivity index (χ1) is 11.9. The maximum absolute atomic E-state index is 12.8. The third-order valence-electron chi connectivity index (χ3n) is 6.18. The van der Waals surface area contributed by atoms with E-state index >= 15 is 0 Å². The molecule has 0 unspecified atom stereocenters. The van der Waals surface area contributed by atoms with Gasteiger partial charge in [-0.05, 0) is 56.3 Å². The first kappa shape index (κ1) is 17.0. The number of carbonyl (C=O) groups excluding carboxylic acids is 1. The summed E-state index contributed by atoms with van der Waals surface area (Å²) >= 11 is 0. The fraction of sp³-hybridized carbons (Fsp3) is 0.765. The van der Waals surface area contributed by atoms with Gasteiger partial charge in [-0.15, -0.1) is 0 Å². The third-order valence-corrected chi connectivity index (χ3v) is 7.52. The number of imidazole rings is 1. The summed E-state index contributed by atoms with van der Waals surface area (Å²) < 4.78 is 28.3. The van der Waals surface area contributed by atoms with Crippen molar-refractivity contribution in [2.45, 2.75) is 43.6 Å². The van der Waals surface area contributed by atoms with Gasteiger partial charge in [0.15, 0.2) is 5.03 Å². The van der Waals surface area contributed by atoms with Crippen LogP contribution in [0.4, 0.5) is 0 Å². The fourth-order valence-corrected chi connectivity index (χ4v) is 6.55. The van der Waals surface area contributed by atoms with Crippen molar-refractivity contribution in [2.24, 2.45) is 30.2 Å². The van der Waals surface area contributed by atoms with Crippen molar-refractivity contribution in [3.8, 4) is 0 Å². The van der Waals surface area contributed by atoms with Crippen LogP contribution in [0, 0.1) is 23.2 Å². The van der Waals surface area contributed by atoms with Crippen molar-refractivity contribution in [1.82, 2.24) is 19.6 Å². The maximum Gasteiger partial charge on any atom is 0.259 e. The Kier molecular flexibility index (Phi) is 4.15. The highest BCUT2D eigenvalue weighted by atomic mass is 32.2. The van der Waals surface area contributed by atoms with Crippen LogP contribution >= 0.6 is 0 Å². The molecule has 25 heavy (non-hydrogen) atoms. The van der Waals surface area contributed by atoms with Crippen LogP contribution in [0.15, 0.2) is 17.6 Å². The van der Waals surface area contributed by atoms with Gasteiger partial charge in [0.2, 0.25) is 5.91 Å². The second kappa shape index (κ2) is 6.09. The molecule has 1 amide bonds. The van der Waals surface area contributed by atoms with E-state index < -0.39 is 10.0 Å². The van der Waals surface area contributed by atoms with Crippen molar-refractivity contribution in [2.75, 3.05) is 13.1 Å². The normalized spacial score (nSPS) is 33.6. The zero-order chi connectivity index (χ0) is 17.7. The molecular weight excluding hydrogens is 340 g/mol. The standard InChI is InChI=1S/C17H26N4O3S/c1-21-10-15(19-11-21)25(23,24)20-3-2-18-16(22)17-7-12-4-13(8-17)6-14(5-12)9-17/h10-14,20H,2-9H2,1H3,(H,18,22). The molecule has 5 rings (SSSR count). The van der Waals surface area contributed by atoms with Crippen LogP contribution in [0.5, 0.6) is 0 Å². The summed E-state index contributed by atoms with van der Waals surface area (Å²) in [4.78, 5) is 16.6. The van der Waals surface area contributed by atoms with Crippen LogP contribution in [0.2, 0.25) is 0 Å². The molecule has 1 aromatic rings. The minimum absolute atomic E-state index is 0.00223. The summed E-state index contributed by atoms with van der Waals surface area (Å²) in [5.74, 6) is 2.29. The van der Waals surface area contributed by atoms with E-state index in [0.29, 0.717) is 6.54 Å². The molecule has 8 heteroatoms. The van der Waals surface area contributed by atoms with Gasteiger partial charge in [0.25, 0.3) is 10.0 Å². The van der Waals surface area contributed by atoms with Crippen LogP contribution < -0.4 is 10.0 Å². The molecule has 0 spiro atoms. The number of amides is 1. The number of nitrogens with one attached hydrogen (secondary N) is 2. The second-order valence-electron chi connectivity index (χ2n) is 8.23. The molecule has 1 heterocycles. The van der Waals surface area contributed by atoms with Crippen LogP contribution in [-0.2, 0) is 21.9 Å². The number of aryl methyl sites for hydroxylation is 1. The van der Waals surface area contributed by atoms with Gasteiger partial charge in [-0.1, -0.05) is 0 Å². The Labute approximate surface area is 148 Å². The lowest BCUT2D eigenvalue weighted by Gasteiger charge is -2.55. The van der Waals surface area contributed by atoms with Gasteiger partial charge in [-0.2, -0.15) is 0 Å². The van der Waals surface area contributed by atoms with Crippen molar-refractivity contribution < 1.29 is 13.2 Å². The SMILES string of the molecule is Cn1cnc(S(=O)(=O)NCCNC(=O)C23CC4CC(CC(C4)C2)C3)c1. The smallest absolute Gasteiger partial charge is 0.259 e. The van der Waals surface area contributed by atoms with E-state index in [2.05, 4.69) is 15.0 Å². The number of nitrogens with zero attached hydrogens (tertiary/aromatic N) is 2. The van der Waals surface area contributed by atoms with Crippen LogP contribution in [0.1, 0.15) is 38.5 Å². The Hall–Kier alpha value is -1.41. The largest absolute Gasteiger partial charge is 0.354 e. The molecule has 138 valence electrons. The summed E-state index contributed by atoms with van der Waals surface area (Å²) in [6.07, 6.45) is 9.86. The zero-order valence-corrected chi connectivity index (χ0v) is 15.4. The van der Waals surface area contributed by atoms with E-state index in [1.165, 1.54) is 31.8 Å². The van der Waals surface area contributed by atoms with Crippen molar-refractivity contribution in [3.63, 3.8) is 0 Å². The molecule has 0 radical (unpaired) electrons. The van der Waals surface area contributed by atoms with Gasteiger partial charge in [-0.3, -0.25) is 4.79 Å². The summed E-state index contributed by atoms with van der Waals surface area (Å²) in [6.45, 7) is 0.490. The summed E-state index contributed by atoms with van der Waals surface area (Å²) in [5.41, 5.74) is -0.186. The Morgan fingerprint density at radius 2 is 1.80 bits per heavy atom. The van der Waals surface area contributed by atoms with Crippen molar-refractivity contribution >= 4 is 15.9 Å². The topological polar surface area (TPSA) is 93.1 Å². The second-order valence-corrected chi connectivity index (χ2v) is 9.94. The molecule has 0 atom stereocenters. The van der Waals surface area contributed by atoms with Gasteiger partial charge in [-0.25, -0.2) is 18.1 Å². The summed E-state index contributed by atoms with van der Waals surface area (Å²) in [5, 5.41) is 2.98. The van der Waals surface area contributed by atoms with E-state index in [9.17, 15) is 13.2 Å². The zero-order valence-electron chi connectivity index (χ0n) is 14.6. The molecule has 4 fully saturated rings. The molecule has 0 aromatic carbocycles. The molecule has 4 aliphatic rings. The van der Waals surface area contributed by atoms with Gasteiger partial charge >= 0.3 is 0 Å². The van der Waals surface area contributed by atoms with Gasteiger partial charge in [0, 0.05) is 31.7 Å². The Balaban J connectivity index is 1.30. The molecule has 4 saturated carbocycles. The first-order valence-corrected chi connectivity index (χ1v) is 10.6. The lowest BCUT2D eigenvalue weighted by Crippen LogP contribution is -2.54. The van der Waals surface area contributed by atoms with Crippen LogP contribution in [0.3, 0.4) is 0 Å². The molecule has 0 saturated heterocycles. The monoisotopic (exact) mass is 366 g/mol. The molecule has 7 nitrogen and oxygen atoms in total. The highest BCUT2D eigenvalue weighted by Crippen LogP contribution is 2.60. The third kappa shape index (κ3) is 3.21. The Morgan fingerprint density at radius 3 is 2.32 bits per heavy atom. The first-order valence-electron chi connectivity index (χ1n) is 9.12. The van der Waals surface area contributed by atoms with Crippen LogP contribution in [-0.4, -0.2) is 37.0 Å². The number of carbonyl (C=O) groups is 1. The van der Waals surface area contributed by atoms with E-state index in [0.717, 1.165) is 37.0 Å². The minimum Gasteiger partial charge on any atom is -0.354 e. The van der Waals surface area contributed by atoms with Gasteiger partial charge < -0.3 is 9.88 Å². The van der Waals surface area contributed by atoms with E-state index in [-0.39, 0.29) is 22.9 Å². The average Bonchev–Trinajstić information content (AvgIpc) is 2.97. The molecule has 4 bridgehead atoms. The lowest BCUT2D eigenvalue weighted by atomic mass is 9.49. The van der Waals surface area contributed by atoms with Gasteiger partial charge in [0.1, 0.15) is 0 Å². The number of rotatable bonds is 6. The Morgan fingerprint density at radius 1 is 1.20 bits per heavy atom. The lowest BCUT2D eigenvalue weighted by molar-refractivity contribution is -0.146. The van der Waals surface area contributed by atoms with Gasteiger partial charge in [0.05, 0.1) is 6.33 Å². The van der Waals surface area contributed by atoms with Crippen LogP contribution in [0.25, 0.3) is 0 Å². The van der Waals surface area contributed by atoms with Crippen molar-refractivity contribution in [1.29, 1.82) is 0 Å². The number of sulfonamides is 1. The predicted octanol–water partition coefficient (Wildman–Crippen LogP) is 1.03. The van der Waals surface area contributed by atoms with E-state index in [1.807, 2.05) is 0 Å². The molecule has 0 aliphatic heterocycles. The van der Waals surface area contributed by atoms with E-state index in [1.54, 1.807) is 11.6 Å². The highest BCUT2D eigenvalue weighted by molar-refractivity contribution is 7.89. The molecule has 4 aliphatic carbocycles. The summed E-state index contributed by atoms with van der Waals surface area (Å²) in [6, 6.07) is 0. The molecule has 1 aromatic heterocycles.